The summed E-state index contributed by atoms with van der Waals surface area (Å²) in [7, 11) is 0. The number of aryl methyl sites for hydroxylation is 1. The van der Waals surface area contributed by atoms with E-state index in [1.54, 1.807) is 18.6 Å². The maximum Gasteiger partial charge on any atom is 0.185 e. The lowest BCUT2D eigenvalue weighted by atomic mass is 9.92. The number of aromatic amines is 1. The molecule has 0 amide bonds. The van der Waals surface area contributed by atoms with Crippen LogP contribution in [0.1, 0.15) is 34.7 Å². The summed E-state index contributed by atoms with van der Waals surface area (Å²) in [4.78, 5) is 26.5. The van der Waals surface area contributed by atoms with Gasteiger partial charge in [0, 0.05) is 30.9 Å². The SMILES string of the molecule is Cc1[nH]cnc1CN1CCC[C@@H](C(=O)c2ccccn2)C1. The van der Waals surface area contributed by atoms with Crippen molar-refractivity contribution in [2.45, 2.75) is 26.3 Å². The molecule has 2 aromatic rings. The van der Waals surface area contributed by atoms with E-state index >= 15 is 0 Å². The van der Waals surface area contributed by atoms with Crippen molar-refractivity contribution in [3.05, 3.63) is 47.8 Å². The molecule has 5 nitrogen and oxygen atoms in total. The lowest BCUT2D eigenvalue weighted by Crippen LogP contribution is -2.38. The number of H-pyrrole nitrogens is 1. The Morgan fingerprint density at radius 3 is 3.05 bits per heavy atom. The van der Waals surface area contributed by atoms with Crippen LogP contribution in [-0.4, -0.2) is 38.7 Å². The lowest BCUT2D eigenvalue weighted by molar-refractivity contribution is 0.0805. The summed E-state index contributed by atoms with van der Waals surface area (Å²) in [5.41, 5.74) is 2.76. The van der Waals surface area contributed by atoms with Gasteiger partial charge in [-0.1, -0.05) is 6.07 Å². The molecule has 0 aliphatic carbocycles. The fourth-order valence-corrected chi connectivity index (χ4v) is 2.89. The first-order chi connectivity index (χ1) is 10.2. The first-order valence-corrected chi connectivity index (χ1v) is 7.40. The lowest BCUT2D eigenvalue weighted by Gasteiger charge is -2.31. The van der Waals surface area contributed by atoms with E-state index in [9.17, 15) is 4.79 Å². The third-order valence-electron chi connectivity index (χ3n) is 4.10. The van der Waals surface area contributed by atoms with Crippen LogP contribution in [0.3, 0.4) is 0 Å². The minimum absolute atomic E-state index is 0.0490. The van der Waals surface area contributed by atoms with Crippen molar-refractivity contribution < 1.29 is 4.79 Å². The number of piperidine rings is 1. The van der Waals surface area contributed by atoms with Crippen LogP contribution in [0.5, 0.6) is 0 Å². The fraction of sp³-hybridized carbons (Fsp3) is 0.438. The number of imidazole rings is 1. The van der Waals surface area contributed by atoms with Crippen LogP contribution in [0.4, 0.5) is 0 Å². The van der Waals surface area contributed by atoms with Gasteiger partial charge >= 0.3 is 0 Å². The molecule has 0 unspecified atom stereocenters. The molecule has 0 radical (unpaired) electrons. The molecule has 2 aromatic heterocycles. The van der Waals surface area contributed by atoms with Gasteiger partial charge in [0.05, 0.1) is 12.0 Å². The minimum Gasteiger partial charge on any atom is -0.348 e. The molecule has 21 heavy (non-hydrogen) atoms. The standard InChI is InChI=1S/C16H20N4O/c1-12-15(19-11-18-12)10-20-8-4-5-13(9-20)16(21)14-6-2-3-7-17-14/h2-3,6-7,11,13H,4-5,8-10H2,1H3,(H,18,19)/t13-/m1/s1. The van der Waals surface area contributed by atoms with Crippen molar-refractivity contribution in [2.24, 2.45) is 5.92 Å². The zero-order valence-electron chi connectivity index (χ0n) is 12.2. The predicted molar refractivity (Wildman–Crippen MR) is 79.9 cm³/mol. The van der Waals surface area contributed by atoms with Crippen molar-refractivity contribution in [3.8, 4) is 0 Å². The van der Waals surface area contributed by atoms with E-state index < -0.39 is 0 Å². The average Bonchev–Trinajstić information content (AvgIpc) is 2.93. The number of nitrogens with zero attached hydrogens (tertiary/aromatic N) is 3. The van der Waals surface area contributed by atoms with Gasteiger partial charge in [-0.2, -0.15) is 0 Å². The van der Waals surface area contributed by atoms with Crippen LogP contribution in [0.15, 0.2) is 30.7 Å². The number of likely N-dealkylation sites (tertiary alicyclic amines) is 1. The average molecular weight is 284 g/mol. The van der Waals surface area contributed by atoms with Gasteiger partial charge in [0.2, 0.25) is 0 Å². The molecule has 1 N–H and O–H groups in total. The number of pyridine rings is 1. The monoisotopic (exact) mass is 284 g/mol. The van der Waals surface area contributed by atoms with Crippen LogP contribution in [0, 0.1) is 12.8 Å². The van der Waals surface area contributed by atoms with Gasteiger partial charge in [-0.25, -0.2) is 4.98 Å². The maximum absolute atomic E-state index is 12.5. The Balaban J connectivity index is 1.66. The fourth-order valence-electron chi connectivity index (χ4n) is 2.89. The molecule has 0 spiro atoms. The number of rotatable bonds is 4. The van der Waals surface area contributed by atoms with Crippen molar-refractivity contribution in [3.63, 3.8) is 0 Å². The van der Waals surface area contributed by atoms with E-state index in [0.717, 1.165) is 43.9 Å². The summed E-state index contributed by atoms with van der Waals surface area (Å²) in [5.74, 6) is 0.215. The van der Waals surface area contributed by atoms with Crippen molar-refractivity contribution in [1.29, 1.82) is 0 Å². The Morgan fingerprint density at radius 2 is 2.33 bits per heavy atom. The van der Waals surface area contributed by atoms with Crippen molar-refractivity contribution in [1.82, 2.24) is 19.9 Å². The quantitative estimate of drug-likeness (QED) is 0.874. The molecule has 3 rings (SSSR count). The Morgan fingerprint density at radius 1 is 1.43 bits per heavy atom. The number of aromatic nitrogens is 3. The summed E-state index contributed by atoms with van der Waals surface area (Å²) < 4.78 is 0. The number of carbonyl (C=O) groups is 1. The van der Waals surface area contributed by atoms with Gasteiger partial charge < -0.3 is 4.98 Å². The molecule has 5 heteroatoms. The Kier molecular flexibility index (Phi) is 4.10. The van der Waals surface area contributed by atoms with E-state index in [4.69, 9.17) is 0 Å². The minimum atomic E-state index is 0.0490. The van der Waals surface area contributed by atoms with Gasteiger partial charge in [0.25, 0.3) is 0 Å². The maximum atomic E-state index is 12.5. The second-order valence-electron chi connectivity index (χ2n) is 5.63. The highest BCUT2D eigenvalue weighted by Gasteiger charge is 2.27. The number of hydrogen-bond donors (Lipinski definition) is 1. The van der Waals surface area contributed by atoms with Gasteiger partial charge in [-0.15, -0.1) is 0 Å². The second-order valence-corrected chi connectivity index (χ2v) is 5.63. The third-order valence-corrected chi connectivity index (χ3v) is 4.10. The Bertz CT molecular complexity index is 608. The van der Waals surface area contributed by atoms with Gasteiger partial charge in [0.1, 0.15) is 5.69 Å². The number of ketones is 1. The number of carbonyl (C=O) groups excluding carboxylic acids is 1. The first-order valence-electron chi connectivity index (χ1n) is 7.40. The number of nitrogens with one attached hydrogen (secondary N) is 1. The van der Waals surface area contributed by atoms with Crippen molar-refractivity contribution in [2.75, 3.05) is 13.1 Å². The molecule has 0 bridgehead atoms. The second kappa shape index (κ2) is 6.18. The van der Waals surface area contributed by atoms with Gasteiger partial charge in [0.15, 0.2) is 5.78 Å². The molecule has 110 valence electrons. The smallest absolute Gasteiger partial charge is 0.185 e. The van der Waals surface area contributed by atoms with Crippen LogP contribution in [0.25, 0.3) is 0 Å². The summed E-state index contributed by atoms with van der Waals surface area (Å²) in [5, 5.41) is 0. The normalized spacial score (nSPS) is 19.6. The molecule has 1 atom stereocenters. The highest BCUT2D eigenvalue weighted by Crippen LogP contribution is 2.21. The molecule has 3 heterocycles. The summed E-state index contributed by atoms with van der Waals surface area (Å²) in [6, 6.07) is 5.51. The van der Waals surface area contributed by atoms with E-state index in [-0.39, 0.29) is 11.7 Å². The van der Waals surface area contributed by atoms with Gasteiger partial charge in [-0.05, 0) is 38.4 Å². The van der Waals surface area contributed by atoms with E-state index in [1.165, 1.54) is 0 Å². The molecule has 0 saturated carbocycles. The molecular weight excluding hydrogens is 264 g/mol. The number of Topliss-reactive ketones (excluding diaryl/α,β-unsaturated/α-hetero) is 1. The van der Waals surface area contributed by atoms with Crippen LogP contribution in [0.2, 0.25) is 0 Å². The highest BCUT2D eigenvalue weighted by molar-refractivity contribution is 5.96. The van der Waals surface area contributed by atoms with E-state index in [2.05, 4.69) is 19.9 Å². The largest absolute Gasteiger partial charge is 0.348 e. The Labute approximate surface area is 124 Å². The first kappa shape index (κ1) is 13.9. The van der Waals surface area contributed by atoms with Crippen molar-refractivity contribution >= 4 is 5.78 Å². The van der Waals surface area contributed by atoms with E-state index in [1.807, 2.05) is 19.1 Å². The Hall–Kier alpha value is -2.01. The summed E-state index contributed by atoms with van der Waals surface area (Å²) >= 11 is 0. The zero-order chi connectivity index (χ0) is 14.7. The van der Waals surface area contributed by atoms with Crippen LogP contribution in [-0.2, 0) is 6.54 Å². The molecule has 0 aromatic carbocycles. The zero-order valence-corrected chi connectivity index (χ0v) is 12.2. The molecule has 1 aliphatic rings. The molecule has 1 fully saturated rings. The van der Waals surface area contributed by atoms with Gasteiger partial charge in [-0.3, -0.25) is 14.7 Å². The summed E-state index contributed by atoms with van der Waals surface area (Å²) in [6.07, 6.45) is 5.41. The predicted octanol–water partition coefficient (Wildman–Crippen LogP) is 2.21. The van der Waals surface area contributed by atoms with Crippen LogP contribution >= 0.6 is 0 Å². The van der Waals surface area contributed by atoms with E-state index in [0.29, 0.717) is 5.69 Å². The number of hydrogen-bond acceptors (Lipinski definition) is 4. The topological polar surface area (TPSA) is 61.9 Å². The highest BCUT2D eigenvalue weighted by atomic mass is 16.1. The van der Waals surface area contributed by atoms with Crippen LogP contribution < -0.4 is 0 Å². The molecule has 1 saturated heterocycles. The summed E-state index contributed by atoms with van der Waals surface area (Å²) in [6.45, 7) is 4.66. The molecular formula is C16H20N4O. The molecule has 1 aliphatic heterocycles. The third kappa shape index (κ3) is 3.19.